The predicted octanol–water partition coefficient (Wildman–Crippen LogP) is 1.77. The maximum Gasteiger partial charge on any atom is 0.169 e. The average molecular weight is 136 g/mol. The summed E-state index contributed by atoms with van der Waals surface area (Å²) in [6.45, 7) is 0. The van der Waals surface area contributed by atoms with Crippen molar-refractivity contribution < 1.29 is 4.48 Å². The van der Waals surface area contributed by atoms with Crippen LogP contribution in [0.5, 0.6) is 0 Å². The van der Waals surface area contributed by atoms with Gasteiger partial charge in [-0.05, 0) is 18.2 Å². The SMILES string of the molecule is Fn1ccc2cccnc21. The van der Waals surface area contributed by atoms with Gasteiger partial charge in [0.15, 0.2) is 5.65 Å². The van der Waals surface area contributed by atoms with Crippen molar-refractivity contribution in [1.82, 2.24) is 9.77 Å². The first-order chi connectivity index (χ1) is 4.88. The van der Waals surface area contributed by atoms with Crippen LogP contribution in [0.3, 0.4) is 0 Å². The quantitative estimate of drug-likeness (QED) is 0.539. The number of aromatic nitrogens is 2. The maximum atomic E-state index is 12.6. The highest BCUT2D eigenvalue weighted by atomic mass is 19.2. The Balaban J connectivity index is 2.93. The molecule has 0 saturated carbocycles. The molecule has 2 heterocycles. The van der Waals surface area contributed by atoms with Crippen LogP contribution in [0.25, 0.3) is 11.0 Å². The molecule has 0 aliphatic carbocycles. The van der Waals surface area contributed by atoms with Crippen molar-refractivity contribution >= 4 is 11.0 Å². The highest BCUT2D eigenvalue weighted by molar-refractivity contribution is 5.75. The topological polar surface area (TPSA) is 17.8 Å². The molecule has 0 fully saturated rings. The molecule has 10 heavy (non-hydrogen) atoms. The third-order valence-electron chi connectivity index (χ3n) is 1.40. The van der Waals surface area contributed by atoms with Crippen LogP contribution in [0.1, 0.15) is 0 Å². The van der Waals surface area contributed by atoms with Gasteiger partial charge in [0.25, 0.3) is 0 Å². The number of hydrogen-bond donors (Lipinski definition) is 0. The fourth-order valence-corrected chi connectivity index (χ4v) is 0.934. The first-order valence-electron chi connectivity index (χ1n) is 2.96. The summed E-state index contributed by atoms with van der Waals surface area (Å²) >= 11 is 0. The molecule has 0 saturated heterocycles. The number of fused-ring (bicyclic) bond motifs is 1. The highest BCUT2D eigenvalue weighted by Gasteiger charge is 1.97. The van der Waals surface area contributed by atoms with Crippen LogP contribution in [0, 0.1) is 0 Å². The Hall–Kier alpha value is -1.38. The second kappa shape index (κ2) is 1.80. The van der Waals surface area contributed by atoms with Gasteiger partial charge in [-0.25, -0.2) is 4.98 Å². The number of hydrogen-bond acceptors (Lipinski definition) is 1. The van der Waals surface area contributed by atoms with E-state index in [0.717, 1.165) is 5.39 Å². The van der Waals surface area contributed by atoms with E-state index in [1.807, 2.05) is 6.07 Å². The van der Waals surface area contributed by atoms with E-state index < -0.39 is 0 Å². The minimum Gasteiger partial charge on any atom is -0.236 e. The monoisotopic (exact) mass is 136 g/mol. The first-order valence-corrected chi connectivity index (χ1v) is 2.96. The van der Waals surface area contributed by atoms with Crippen LogP contribution in [-0.4, -0.2) is 9.77 Å². The molecular formula is C7H5FN2. The van der Waals surface area contributed by atoms with Crippen LogP contribution in [0.2, 0.25) is 0 Å². The van der Waals surface area contributed by atoms with Crippen LogP contribution in [-0.2, 0) is 0 Å². The molecule has 0 aromatic carbocycles. The number of pyridine rings is 1. The standard InChI is InChI=1S/C7H5FN2/c8-10-5-3-6-2-1-4-9-7(6)10/h1-5H. The van der Waals surface area contributed by atoms with Gasteiger partial charge in [-0.15, -0.1) is 0 Å². The summed E-state index contributed by atoms with van der Waals surface area (Å²) in [5.41, 5.74) is 0.377. The molecule has 3 heteroatoms. The minimum atomic E-state index is 0.377. The average Bonchev–Trinajstić information content (AvgIpc) is 2.34. The van der Waals surface area contributed by atoms with E-state index in [-0.39, 0.29) is 0 Å². The number of halogens is 1. The fourth-order valence-electron chi connectivity index (χ4n) is 0.934. The minimum absolute atomic E-state index is 0.377. The molecule has 0 aliphatic heterocycles. The van der Waals surface area contributed by atoms with Crippen LogP contribution >= 0.6 is 0 Å². The summed E-state index contributed by atoms with van der Waals surface area (Å²) in [4.78, 5) is 4.34. The third kappa shape index (κ3) is 0.603. The fraction of sp³-hybridized carbons (Fsp3) is 0. The highest BCUT2D eigenvalue weighted by Crippen LogP contribution is 2.10. The van der Waals surface area contributed by atoms with Gasteiger partial charge in [0.1, 0.15) is 0 Å². The smallest absolute Gasteiger partial charge is 0.169 e. The molecule has 2 nitrogen and oxygen atoms in total. The zero-order valence-corrected chi connectivity index (χ0v) is 5.16. The van der Waals surface area contributed by atoms with Crippen molar-refractivity contribution in [3.63, 3.8) is 0 Å². The molecule has 0 bridgehead atoms. The summed E-state index contributed by atoms with van der Waals surface area (Å²) in [5.74, 6) is 0. The Kier molecular flexibility index (Phi) is 0.974. The van der Waals surface area contributed by atoms with E-state index in [4.69, 9.17) is 0 Å². The molecule has 0 spiro atoms. The molecule has 0 amide bonds. The maximum absolute atomic E-state index is 12.6. The normalized spacial score (nSPS) is 10.5. The second-order valence-corrected chi connectivity index (χ2v) is 2.04. The zero-order chi connectivity index (χ0) is 6.97. The Morgan fingerprint density at radius 2 is 2.30 bits per heavy atom. The van der Waals surface area contributed by atoms with Crippen molar-refractivity contribution in [3.8, 4) is 0 Å². The lowest BCUT2D eigenvalue weighted by atomic mass is 10.3. The van der Waals surface area contributed by atoms with Crippen LogP contribution < -0.4 is 0 Å². The van der Waals surface area contributed by atoms with Crippen LogP contribution in [0.15, 0.2) is 30.6 Å². The molecule has 0 N–H and O–H groups in total. The Morgan fingerprint density at radius 1 is 1.40 bits per heavy atom. The van der Waals surface area contributed by atoms with E-state index >= 15 is 0 Å². The molecule has 50 valence electrons. The molecule has 2 aromatic heterocycles. The Bertz CT molecular complexity index is 353. The number of nitrogens with zero attached hydrogens (tertiary/aromatic N) is 2. The molecule has 2 rings (SSSR count). The Morgan fingerprint density at radius 3 is 3.10 bits per heavy atom. The predicted molar refractivity (Wildman–Crippen MR) is 36.2 cm³/mol. The van der Waals surface area contributed by atoms with E-state index in [1.54, 1.807) is 18.3 Å². The molecular weight excluding hydrogens is 131 g/mol. The lowest BCUT2D eigenvalue weighted by Crippen LogP contribution is -1.80. The summed E-state index contributed by atoms with van der Waals surface area (Å²) < 4.78 is 12.6. The van der Waals surface area contributed by atoms with Crippen LogP contribution in [0.4, 0.5) is 4.48 Å². The van der Waals surface area contributed by atoms with E-state index in [2.05, 4.69) is 4.98 Å². The van der Waals surface area contributed by atoms with Crippen molar-refractivity contribution in [2.24, 2.45) is 0 Å². The van der Waals surface area contributed by atoms with Gasteiger partial charge in [0, 0.05) is 17.8 Å². The molecule has 0 radical (unpaired) electrons. The molecule has 0 unspecified atom stereocenters. The van der Waals surface area contributed by atoms with Crippen molar-refractivity contribution in [3.05, 3.63) is 30.6 Å². The summed E-state index contributed by atoms with van der Waals surface area (Å²) in [6, 6.07) is 5.28. The lowest BCUT2D eigenvalue weighted by molar-refractivity contribution is 0.385. The van der Waals surface area contributed by atoms with E-state index in [1.165, 1.54) is 6.20 Å². The van der Waals surface area contributed by atoms with E-state index in [9.17, 15) is 4.48 Å². The van der Waals surface area contributed by atoms with Gasteiger partial charge in [-0.3, -0.25) is 0 Å². The summed E-state index contributed by atoms with van der Waals surface area (Å²) in [7, 11) is 0. The van der Waals surface area contributed by atoms with E-state index in [0.29, 0.717) is 10.4 Å². The number of rotatable bonds is 0. The summed E-state index contributed by atoms with van der Waals surface area (Å²) in [5, 5.41) is 0.824. The van der Waals surface area contributed by atoms with Crippen molar-refractivity contribution in [1.29, 1.82) is 0 Å². The molecule has 2 aromatic rings. The van der Waals surface area contributed by atoms with Crippen molar-refractivity contribution in [2.75, 3.05) is 0 Å². The third-order valence-corrected chi connectivity index (χ3v) is 1.40. The molecule has 0 atom stereocenters. The Labute approximate surface area is 56.9 Å². The summed E-state index contributed by atoms with van der Waals surface area (Å²) in [6.07, 6.45) is 2.91. The van der Waals surface area contributed by atoms with Crippen molar-refractivity contribution in [2.45, 2.75) is 0 Å². The van der Waals surface area contributed by atoms with Gasteiger partial charge >= 0.3 is 0 Å². The van der Waals surface area contributed by atoms with Gasteiger partial charge < -0.3 is 0 Å². The van der Waals surface area contributed by atoms with Gasteiger partial charge in [0.2, 0.25) is 0 Å². The second-order valence-electron chi connectivity index (χ2n) is 2.04. The molecule has 0 aliphatic rings. The lowest BCUT2D eigenvalue weighted by Gasteiger charge is -1.86. The zero-order valence-electron chi connectivity index (χ0n) is 5.16. The largest absolute Gasteiger partial charge is 0.236 e. The van der Waals surface area contributed by atoms with Gasteiger partial charge in [-0.1, -0.05) is 4.48 Å². The van der Waals surface area contributed by atoms with Gasteiger partial charge in [-0.2, -0.15) is 4.79 Å². The first kappa shape index (κ1) is 5.41. The van der Waals surface area contributed by atoms with Gasteiger partial charge in [0.05, 0.1) is 0 Å².